The average molecular weight is 238 g/mol. The number of carbonyl (C=O) groups excluding carboxylic acids is 1. The molecule has 0 fully saturated rings. The molecule has 94 valence electrons. The quantitative estimate of drug-likeness (QED) is 0.767. The zero-order valence-electron chi connectivity index (χ0n) is 10.4. The Bertz CT molecular complexity index is 395. The summed E-state index contributed by atoms with van der Waals surface area (Å²) < 4.78 is 5.31. The second-order valence-electron chi connectivity index (χ2n) is 3.79. The van der Waals surface area contributed by atoms with E-state index < -0.39 is 0 Å². The molecule has 0 radical (unpaired) electrons. The van der Waals surface area contributed by atoms with Gasteiger partial charge >= 0.3 is 0 Å². The van der Waals surface area contributed by atoms with Gasteiger partial charge in [0.2, 0.25) is 11.8 Å². The Labute approximate surface area is 101 Å². The number of nitrogens with two attached hydrogens (primary N) is 1. The summed E-state index contributed by atoms with van der Waals surface area (Å²) in [6.45, 7) is 6.09. The predicted octanol–water partition coefficient (Wildman–Crippen LogP) is 0.860. The number of nitrogens with zero attached hydrogens (tertiary/aromatic N) is 2. The van der Waals surface area contributed by atoms with Gasteiger partial charge in [-0.15, -0.1) is 0 Å². The molecule has 0 spiro atoms. The highest BCUT2D eigenvalue weighted by atomic mass is 16.5. The molecular formula is C11H18N4O2. The third-order valence-corrected chi connectivity index (χ3v) is 2.01. The number of aryl methyl sites for hydroxylation is 1. The third-order valence-electron chi connectivity index (χ3n) is 2.01. The van der Waals surface area contributed by atoms with E-state index in [1.165, 1.54) is 0 Å². The Balaban J connectivity index is 2.72. The number of anilines is 1. The van der Waals surface area contributed by atoms with E-state index in [1.807, 2.05) is 13.8 Å². The maximum atomic E-state index is 10.8. The molecule has 1 amide bonds. The van der Waals surface area contributed by atoms with Crippen LogP contribution in [0.1, 0.15) is 26.1 Å². The summed E-state index contributed by atoms with van der Waals surface area (Å²) in [6, 6.07) is 1.63. The number of amides is 1. The van der Waals surface area contributed by atoms with Gasteiger partial charge in [0.15, 0.2) is 0 Å². The van der Waals surface area contributed by atoms with Gasteiger partial charge in [0.05, 0.1) is 6.61 Å². The molecule has 1 atom stereocenters. The molecular weight excluding hydrogens is 220 g/mol. The molecule has 0 aromatic carbocycles. The van der Waals surface area contributed by atoms with Gasteiger partial charge in [0.25, 0.3) is 0 Å². The van der Waals surface area contributed by atoms with Crippen molar-refractivity contribution in [3.05, 3.63) is 11.9 Å². The van der Waals surface area contributed by atoms with E-state index in [9.17, 15) is 4.79 Å². The smallest absolute Gasteiger partial charge is 0.219 e. The molecule has 0 saturated heterocycles. The molecule has 6 nitrogen and oxygen atoms in total. The first kappa shape index (κ1) is 13.2. The van der Waals surface area contributed by atoms with Gasteiger partial charge in [0, 0.05) is 18.5 Å². The van der Waals surface area contributed by atoms with Crippen molar-refractivity contribution >= 4 is 11.7 Å². The fourth-order valence-electron chi connectivity index (χ4n) is 1.44. The van der Waals surface area contributed by atoms with Crippen LogP contribution in [0.3, 0.4) is 0 Å². The van der Waals surface area contributed by atoms with E-state index in [-0.39, 0.29) is 18.4 Å². The summed E-state index contributed by atoms with van der Waals surface area (Å²) in [5, 5.41) is 3.08. The largest absolute Gasteiger partial charge is 0.478 e. The molecule has 0 saturated carbocycles. The van der Waals surface area contributed by atoms with Crippen molar-refractivity contribution < 1.29 is 9.53 Å². The van der Waals surface area contributed by atoms with E-state index in [0.29, 0.717) is 24.1 Å². The minimum absolute atomic E-state index is 0.0729. The Kier molecular flexibility index (Phi) is 4.68. The highest BCUT2D eigenvalue weighted by Gasteiger charge is 2.08. The monoisotopic (exact) mass is 238 g/mol. The molecule has 0 aliphatic rings. The highest BCUT2D eigenvalue weighted by molar-refractivity contribution is 5.74. The van der Waals surface area contributed by atoms with Crippen molar-refractivity contribution in [2.75, 3.05) is 11.9 Å². The fraction of sp³-hybridized carbons (Fsp3) is 0.545. The first-order chi connectivity index (χ1) is 8.01. The second kappa shape index (κ2) is 6.03. The van der Waals surface area contributed by atoms with Crippen LogP contribution in [0.2, 0.25) is 0 Å². The number of hydrogen-bond donors (Lipinski definition) is 2. The summed E-state index contributed by atoms with van der Waals surface area (Å²) in [4.78, 5) is 19.1. The van der Waals surface area contributed by atoms with Crippen molar-refractivity contribution in [2.45, 2.75) is 33.2 Å². The van der Waals surface area contributed by atoms with E-state index in [2.05, 4.69) is 15.3 Å². The van der Waals surface area contributed by atoms with Gasteiger partial charge in [-0.2, -0.15) is 4.98 Å². The van der Waals surface area contributed by atoms with E-state index in [0.717, 1.165) is 0 Å². The number of carbonyl (C=O) groups is 1. The molecule has 0 aliphatic carbocycles. The standard InChI is InChI=1S/C11H18N4O2/c1-4-17-11-6-10(14-8(3)15-11)13-7(2)5-9(12)16/h6-7H,4-5H2,1-3H3,(H2,12,16)(H,13,14,15). The van der Waals surface area contributed by atoms with Crippen LogP contribution in [0.15, 0.2) is 6.07 Å². The van der Waals surface area contributed by atoms with E-state index >= 15 is 0 Å². The summed E-state index contributed by atoms with van der Waals surface area (Å²) in [5.41, 5.74) is 5.12. The van der Waals surface area contributed by atoms with Crippen LogP contribution in [0.4, 0.5) is 5.82 Å². The molecule has 1 unspecified atom stereocenters. The zero-order chi connectivity index (χ0) is 12.8. The van der Waals surface area contributed by atoms with Gasteiger partial charge < -0.3 is 15.8 Å². The lowest BCUT2D eigenvalue weighted by Crippen LogP contribution is -2.24. The summed E-state index contributed by atoms with van der Waals surface area (Å²) in [5.74, 6) is 1.43. The Morgan fingerprint density at radius 3 is 2.88 bits per heavy atom. The van der Waals surface area contributed by atoms with Crippen LogP contribution < -0.4 is 15.8 Å². The number of aromatic nitrogens is 2. The zero-order valence-corrected chi connectivity index (χ0v) is 10.4. The first-order valence-corrected chi connectivity index (χ1v) is 5.54. The maximum absolute atomic E-state index is 10.8. The first-order valence-electron chi connectivity index (χ1n) is 5.54. The molecule has 1 heterocycles. The lowest BCUT2D eigenvalue weighted by atomic mass is 10.2. The fourth-order valence-corrected chi connectivity index (χ4v) is 1.44. The third kappa shape index (κ3) is 4.67. The Hall–Kier alpha value is -1.85. The van der Waals surface area contributed by atoms with Crippen molar-refractivity contribution in [2.24, 2.45) is 5.73 Å². The molecule has 3 N–H and O–H groups in total. The van der Waals surface area contributed by atoms with Gasteiger partial charge in [-0.1, -0.05) is 0 Å². The summed E-state index contributed by atoms with van der Waals surface area (Å²) >= 11 is 0. The van der Waals surface area contributed by atoms with Gasteiger partial charge in [-0.05, 0) is 20.8 Å². The summed E-state index contributed by atoms with van der Waals surface area (Å²) in [6.07, 6.45) is 0.257. The second-order valence-corrected chi connectivity index (χ2v) is 3.79. The van der Waals surface area contributed by atoms with Gasteiger partial charge in [-0.25, -0.2) is 4.98 Å². The normalized spacial score (nSPS) is 11.9. The number of nitrogens with one attached hydrogen (secondary N) is 1. The Morgan fingerprint density at radius 2 is 2.29 bits per heavy atom. The van der Waals surface area contributed by atoms with Crippen molar-refractivity contribution in [1.82, 2.24) is 9.97 Å². The Morgan fingerprint density at radius 1 is 1.59 bits per heavy atom. The summed E-state index contributed by atoms with van der Waals surface area (Å²) in [7, 11) is 0. The molecule has 0 aliphatic heterocycles. The molecule has 0 bridgehead atoms. The van der Waals surface area contributed by atoms with Gasteiger partial charge in [-0.3, -0.25) is 4.79 Å². The van der Waals surface area contributed by atoms with Crippen molar-refractivity contribution in [3.63, 3.8) is 0 Å². The lowest BCUT2D eigenvalue weighted by molar-refractivity contribution is -0.118. The van der Waals surface area contributed by atoms with Crippen LogP contribution >= 0.6 is 0 Å². The highest BCUT2D eigenvalue weighted by Crippen LogP contribution is 2.14. The van der Waals surface area contributed by atoms with E-state index in [4.69, 9.17) is 10.5 Å². The van der Waals surface area contributed by atoms with Crippen LogP contribution in [-0.2, 0) is 4.79 Å². The molecule has 1 aromatic heterocycles. The molecule has 17 heavy (non-hydrogen) atoms. The van der Waals surface area contributed by atoms with Crippen molar-refractivity contribution in [1.29, 1.82) is 0 Å². The van der Waals surface area contributed by atoms with Crippen LogP contribution in [0, 0.1) is 6.92 Å². The van der Waals surface area contributed by atoms with Crippen LogP contribution in [0.5, 0.6) is 5.88 Å². The SMILES string of the molecule is CCOc1cc(NC(C)CC(N)=O)nc(C)n1. The predicted molar refractivity (Wildman–Crippen MR) is 64.8 cm³/mol. The number of hydrogen-bond acceptors (Lipinski definition) is 5. The number of primary amides is 1. The average Bonchev–Trinajstić information content (AvgIpc) is 2.14. The van der Waals surface area contributed by atoms with E-state index in [1.54, 1.807) is 13.0 Å². The molecule has 1 rings (SSSR count). The lowest BCUT2D eigenvalue weighted by Gasteiger charge is -2.13. The topological polar surface area (TPSA) is 90.1 Å². The minimum atomic E-state index is -0.346. The van der Waals surface area contributed by atoms with Crippen molar-refractivity contribution in [3.8, 4) is 5.88 Å². The van der Waals surface area contributed by atoms with Crippen LogP contribution in [-0.4, -0.2) is 28.5 Å². The number of rotatable bonds is 6. The maximum Gasteiger partial charge on any atom is 0.219 e. The van der Waals surface area contributed by atoms with Gasteiger partial charge in [0.1, 0.15) is 11.6 Å². The molecule has 6 heteroatoms. The molecule has 1 aromatic rings. The minimum Gasteiger partial charge on any atom is -0.478 e. The van der Waals surface area contributed by atoms with Crippen LogP contribution in [0.25, 0.3) is 0 Å². The number of ether oxygens (including phenoxy) is 1.